The number of pyridine rings is 1. The van der Waals surface area contributed by atoms with Crippen LogP contribution in [0.4, 0.5) is 0 Å². The van der Waals surface area contributed by atoms with Crippen molar-refractivity contribution < 1.29 is 14.3 Å². The Morgan fingerprint density at radius 2 is 1.90 bits per heavy atom. The van der Waals surface area contributed by atoms with Crippen molar-refractivity contribution in [2.75, 3.05) is 46.5 Å². The van der Waals surface area contributed by atoms with E-state index in [9.17, 15) is 4.79 Å². The lowest BCUT2D eigenvalue weighted by Crippen LogP contribution is -2.41. The molecule has 6 nitrogen and oxygen atoms in total. The van der Waals surface area contributed by atoms with E-state index in [1.54, 1.807) is 7.11 Å². The molecule has 3 aromatic rings. The summed E-state index contributed by atoms with van der Waals surface area (Å²) in [5, 5.41) is 3.91. The second-order valence-corrected chi connectivity index (χ2v) is 6.98. The van der Waals surface area contributed by atoms with Crippen molar-refractivity contribution in [2.45, 2.75) is 0 Å². The number of carbonyl (C=O) groups excluding carboxylic acids is 1. The van der Waals surface area contributed by atoms with Gasteiger partial charge in [0.2, 0.25) is 0 Å². The van der Waals surface area contributed by atoms with E-state index in [0.717, 1.165) is 60.8 Å². The second-order valence-electron chi connectivity index (χ2n) is 6.98. The molecule has 2 heterocycles. The van der Waals surface area contributed by atoms with E-state index >= 15 is 0 Å². The summed E-state index contributed by atoms with van der Waals surface area (Å²) in [6.07, 6.45) is 0. The Morgan fingerprint density at radius 3 is 2.72 bits per heavy atom. The van der Waals surface area contributed by atoms with E-state index < -0.39 is 0 Å². The van der Waals surface area contributed by atoms with Crippen molar-refractivity contribution in [1.29, 1.82) is 0 Å². The molecule has 1 saturated heterocycles. The summed E-state index contributed by atoms with van der Waals surface area (Å²) >= 11 is 0. The highest BCUT2D eigenvalue weighted by molar-refractivity contribution is 6.07. The van der Waals surface area contributed by atoms with Crippen LogP contribution in [0.1, 0.15) is 10.4 Å². The minimum atomic E-state index is -0.0898. The fourth-order valence-electron chi connectivity index (χ4n) is 3.61. The zero-order valence-electron chi connectivity index (χ0n) is 16.6. The Bertz CT molecular complexity index is 1000. The Hall–Kier alpha value is -2.96. The van der Waals surface area contributed by atoms with Crippen LogP contribution in [0.3, 0.4) is 0 Å². The highest BCUT2D eigenvalue weighted by Crippen LogP contribution is 2.31. The number of benzene rings is 2. The predicted molar refractivity (Wildman–Crippen MR) is 113 cm³/mol. The molecule has 6 heteroatoms. The van der Waals surface area contributed by atoms with Crippen molar-refractivity contribution in [3.05, 3.63) is 60.2 Å². The molecule has 0 bridgehead atoms. The van der Waals surface area contributed by atoms with Crippen LogP contribution in [0.25, 0.3) is 22.2 Å². The molecule has 0 aliphatic carbocycles. The molecule has 0 atom stereocenters. The average molecular weight is 391 g/mol. The quantitative estimate of drug-likeness (QED) is 0.700. The standard InChI is InChI=1S/C23H25N3O3/c1-28-22-9-5-3-7-18(22)21-16-19(17-6-2-4-8-20(17)25-21)23(27)24-10-11-26-12-14-29-15-13-26/h2-9,16H,10-15H2,1H3,(H,24,27). The number of nitrogens with one attached hydrogen (secondary N) is 1. The molecule has 4 rings (SSSR count). The fourth-order valence-corrected chi connectivity index (χ4v) is 3.61. The minimum absolute atomic E-state index is 0.0898. The van der Waals surface area contributed by atoms with Crippen LogP contribution in [-0.4, -0.2) is 62.3 Å². The summed E-state index contributed by atoms with van der Waals surface area (Å²) in [6.45, 7) is 4.74. The van der Waals surface area contributed by atoms with Gasteiger partial charge in [0.15, 0.2) is 0 Å². The molecule has 1 aliphatic rings. The first-order valence-electron chi connectivity index (χ1n) is 9.88. The normalized spacial score (nSPS) is 14.7. The van der Waals surface area contributed by atoms with Crippen LogP contribution in [0, 0.1) is 0 Å². The predicted octanol–water partition coefficient (Wildman–Crippen LogP) is 2.97. The Kier molecular flexibility index (Phi) is 6.03. The maximum Gasteiger partial charge on any atom is 0.252 e. The first-order valence-corrected chi connectivity index (χ1v) is 9.88. The van der Waals surface area contributed by atoms with Crippen molar-refractivity contribution >= 4 is 16.8 Å². The Morgan fingerprint density at radius 1 is 1.14 bits per heavy atom. The topological polar surface area (TPSA) is 63.7 Å². The van der Waals surface area contributed by atoms with Gasteiger partial charge in [0.1, 0.15) is 5.75 Å². The largest absolute Gasteiger partial charge is 0.496 e. The van der Waals surface area contributed by atoms with E-state index in [1.165, 1.54) is 0 Å². The number of rotatable bonds is 6. The molecule has 0 saturated carbocycles. The van der Waals surface area contributed by atoms with Gasteiger partial charge in [-0.15, -0.1) is 0 Å². The van der Waals surface area contributed by atoms with E-state index in [2.05, 4.69) is 10.2 Å². The number of aromatic nitrogens is 1. The van der Waals surface area contributed by atoms with Gasteiger partial charge in [0.25, 0.3) is 5.91 Å². The van der Waals surface area contributed by atoms with Gasteiger partial charge in [-0.3, -0.25) is 9.69 Å². The fraction of sp³-hybridized carbons (Fsp3) is 0.304. The maximum atomic E-state index is 13.0. The molecule has 1 aromatic heterocycles. The van der Waals surface area contributed by atoms with E-state index in [0.29, 0.717) is 12.1 Å². The molecule has 1 N–H and O–H groups in total. The summed E-state index contributed by atoms with van der Waals surface area (Å²) < 4.78 is 10.9. The number of morpholine rings is 1. The molecule has 29 heavy (non-hydrogen) atoms. The monoisotopic (exact) mass is 391 g/mol. The highest BCUT2D eigenvalue weighted by atomic mass is 16.5. The molecular weight excluding hydrogens is 366 g/mol. The number of carbonyl (C=O) groups is 1. The van der Waals surface area contributed by atoms with Gasteiger partial charge in [0, 0.05) is 37.1 Å². The first kappa shape index (κ1) is 19.4. The van der Waals surface area contributed by atoms with E-state index in [-0.39, 0.29) is 5.91 Å². The van der Waals surface area contributed by atoms with Crippen LogP contribution >= 0.6 is 0 Å². The van der Waals surface area contributed by atoms with Crippen LogP contribution in [0.15, 0.2) is 54.6 Å². The summed E-state index contributed by atoms with van der Waals surface area (Å²) in [5.41, 5.74) is 3.00. The SMILES string of the molecule is COc1ccccc1-c1cc(C(=O)NCCN2CCOCC2)c2ccccc2n1. The molecule has 1 amide bonds. The van der Waals surface area contributed by atoms with Crippen LogP contribution < -0.4 is 10.1 Å². The third-order valence-corrected chi connectivity index (χ3v) is 5.16. The summed E-state index contributed by atoms with van der Waals surface area (Å²) in [6, 6.07) is 17.3. The molecule has 0 unspecified atom stereocenters. The van der Waals surface area contributed by atoms with Gasteiger partial charge in [0.05, 0.1) is 37.1 Å². The highest BCUT2D eigenvalue weighted by Gasteiger charge is 2.16. The van der Waals surface area contributed by atoms with Crippen LogP contribution in [0.2, 0.25) is 0 Å². The molecule has 150 valence electrons. The number of fused-ring (bicyclic) bond motifs is 1. The lowest BCUT2D eigenvalue weighted by atomic mass is 10.0. The lowest BCUT2D eigenvalue weighted by molar-refractivity contribution is 0.0383. The number of hydrogen-bond donors (Lipinski definition) is 1. The van der Waals surface area contributed by atoms with Gasteiger partial charge < -0.3 is 14.8 Å². The maximum absolute atomic E-state index is 13.0. The van der Waals surface area contributed by atoms with E-state index in [1.807, 2.05) is 54.6 Å². The summed E-state index contributed by atoms with van der Waals surface area (Å²) in [4.78, 5) is 20.1. The van der Waals surface area contributed by atoms with Crippen molar-refractivity contribution in [3.63, 3.8) is 0 Å². The van der Waals surface area contributed by atoms with Gasteiger partial charge in [-0.05, 0) is 24.3 Å². The Balaban J connectivity index is 1.61. The van der Waals surface area contributed by atoms with Crippen LogP contribution in [0.5, 0.6) is 5.75 Å². The van der Waals surface area contributed by atoms with Gasteiger partial charge in [-0.25, -0.2) is 4.98 Å². The zero-order chi connectivity index (χ0) is 20.1. The van der Waals surface area contributed by atoms with Crippen molar-refractivity contribution in [2.24, 2.45) is 0 Å². The third kappa shape index (κ3) is 4.39. The lowest BCUT2D eigenvalue weighted by Gasteiger charge is -2.26. The second kappa shape index (κ2) is 9.03. The molecule has 2 aromatic carbocycles. The Labute approximate surface area is 170 Å². The first-order chi connectivity index (χ1) is 14.3. The number of hydrogen-bond acceptors (Lipinski definition) is 5. The average Bonchev–Trinajstić information content (AvgIpc) is 2.79. The summed E-state index contributed by atoms with van der Waals surface area (Å²) in [5.74, 6) is 0.641. The zero-order valence-corrected chi connectivity index (χ0v) is 16.6. The molecule has 0 radical (unpaired) electrons. The van der Waals surface area contributed by atoms with E-state index in [4.69, 9.17) is 14.5 Å². The number of ether oxygens (including phenoxy) is 2. The molecule has 0 spiro atoms. The van der Waals surface area contributed by atoms with Crippen molar-refractivity contribution in [1.82, 2.24) is 15.2 Å². The number of methoxy groups -OCH3 is 1. The number of nitrogens with zero attached hydrogens (tertiary/aromatic N) is 2. The number of amides is 1. The third-order valence-electron chi connectivity index (χ3n) is 5.16. The molecule has 1 aliphatic heterocycles. The molecule has 1 fully saturated rings. The van der Waals surface area contributed by atoms with Crippen molar-refractivity contribution in [3.8, 4) is 17.0 Å². The smallest absolute Gasteiger partial charge is 0.252 e. The molecular formula is C23H25N3O3. The number of para-hydroxylation sites is 2. The minimum Gasteiger partial charge on any atom is -0.496 e. The van der Waals surface area contributed by atoms with Gasteiger partial charge >= 0.3 is 0 Å². The van der Waals surface area contributed by atoms with Crippen LogP contribution in [-0.2, 0) is 4.74 Å². The summed E-state index contributed by atoms with van der Waals surface area (Å²) in [7, 11) is 1.64. The van der Waals surface area contributed by atoms with Gasteiger partial charge in [-0.2, -0.15) is 0 Å². The van der Waals surface area contributed by atoms with Gasteiger partial charge in [-0.1, -0.05) is 30.3 Å².